The lowest BCUT2D eigenvalue weighted by Gasteiger charge is -2.31. The molecule has 1 unspecified atom stereocenters. The van der Waals surface area contributed by atoms with Crippen LogP contribution in [-0.4, -0.2) is 166 Å². The second kappa shape index (κ2) is 29.9. The van der Waals surface area contributed by atoms with E-state index < -0.39 is 139 Å². The van der Waals surface area contributed by atoms with Crippen molar-refractivity contribution in [2.75, 3.05) is 31.1 Å². The monoisotopic (exact) mass is 1080 g/mol. The van der Waals surface area contributed by atoms with Gasteiger partial charge in [0.1, 0.15) is 48.0 Å². The molecule has 0 aliphatic carbocycles. The molecule has 408 valence electrons. The maximum absolute atomic E-state index is 14.6. The molecule has 0 bridgehead atoms. The number of hydrogen-bond acceptors (Lipinski definition) is 16. The number of nitrogens with zero attached hydrogens (tertiary/aromatic N) is 2. The molecular weight excluding hydrogens is 1020 g/mol. The molecule has 19 N–H and O–H groups in total. The van der Waals surface area contributed by atoms with Crippen LogP contribution in [0, 0.1) is 0 Å². The van der Waals surface area contributed by atoms with E-state index in [1.165, 1.54) is 24.3 Å². The largest absolute Gasteiger partial charge is 0.508 e. The molecule has 2 aliphatic rings. The fraction of sp³-hybridized carbons (Fsp3) is 0.478. The highest BCUT2D eigenvalue weighted by atomic mass is 33.1. The number of likely N-dealkylation sites (tertiary alicyclic amines) is 1. The minimum atomic E-state index is -1.92. The third kappa shape index (κ3) is 20.3. The highest BCUT2D eigenvalue weighted by molar-refractivity contribution is 8.76. The van der Waals surface area contributed by atoms with Gasteiger partial charge in [0.15, 0.2) is 5.96 Å². The Balaban J connectivity index is 1.71. The van der Waals surface area contributed by atoms with Gasteiger partial charge in [-0.2, -0.15) is 0 Å². The molecular formula is C46H64N14O13S2. The molecule has 0 saturated carbocycles. The normalized spacial score (nSPS) is 22.6. The van der Waals surface area contributed by atoms with E-state index in [2.05, 4.69) is 42.2 Å². The number of carbonyl (C=O) groups is 11. The second-order valence-corrected chi connectivity index (χ2v) is 20.1. The van der Waals surface area contributed by atoms with Crippen LogP contribution in [0.25, 0.3) is 0 Å². The van der Waals surface area contributed by atoms with E-state index in [0.29, 0.717) is 11.1 Å². The van der Waals surface area contributed by atoms with Gasteiger partial charge in [0.05, 0.1) is 19.0 Å². The Morgan fingerprint density at radius 1 is 0.733 bits per heavy atom. The number of nitrogens with two attached hydrogens (primary N) is 5. The SMILES string of the molecule is NC(=O)CC[C@@H]1NC(=O)[C@@H](Cc2ccccc2)NC(=O)[C@H](Cc2ccc(O)cc2)NC(=O)[C@@H](N)CSSC[C@@H](C(=O)N2CCCC2C(=O)N[C@@H](CCCN=C(N)N)C(=O)NCC(N)=O)NC(=O)[C@H](CC(=O)O)NC1=O. The number of phenols is 1. The average Bonchev–Trinajstić information content (AvgIpc) is 3.86. The summed E-state index contributed by atoms with van der Waals surface area (Å²) in [6, 6.07) is 2.43. The highest BCUT2D eigenvalue weighted by Crippen LogP contribution is 2.26. The van der Waals surface area contributed by atoms with Gasteiger partial charge in [-0.15, -0.1) is 0 Å². The number of hydrogen-bond donors (Lipinski definition) is 14. The van der Waals surface area contributed by atoms with E-state index in [1.807, 2.05) is 0 Å². The van der Waals surface area contributed by atoms with Crippen molar-refractivity contribution in [2.45, 2.75) is 106 Å². The fourth-order valence-electron chi connectivity index (χ4n) is 7.77. The number of aromatic hydroxyl groups is 1. The van der Waals surface area contributed by atoms with Crippen LogP contribution in [0.15, 0.2) is 59.6 Å². The Kier molecular flexibility index (Phi) is 23.9. The number of primary amides is 2. The third-order valence-corrected chi connectivity index (χ3v) is 14.1. The Morgan fingerprint density at radius 3 is 1.92 bits per heavy atom. The Morgan fingerprint density at radius 2 is 1.31 bits per heavy atom. The average molecular weight is 1090 g/mol. The lowest BCUT2D eigenvalue weighted by Crippen LogP contribution is -2.61. The minimum Gasteiger partial charge on any atom is -0.508 e. The molecule has 75 heavy (non-hydrogen) atoms. The standard InChI is InChI=1S/C46H64N14O13S2/c47-27-22-74-75-23-33(45(73)60-17-5-9-34(60)44(72)55-28(8-4-16-52-46(50)51)39(67)53-21-36(49)63)59-43(71)32(20-37(64)65)58-40(68)29(14-15-35(48)62)54-41(69)31(18-24-6-2-1-3-7-24)57-42(70)30(56-38(27)66)19-25-10-12-26(61)13-11-25/h1-3,6-7,10-13,27-34,61H,4-5,8-9,14-23,47H2,(H2,48,62)(H2,49,63)(H,53,67)(H,54,69)(H,55,72)(H,56,66)(H,57,70)(H,58,68)(H,59,71)(H,64,65)(H4,50,51,52)/t27-,28-,29-,30-,31+,32-,33-,34?/m0/s1. The summed E-state index contributed by atoms with van der Waals surface area (Å²) < 4.78 is 0. The topological polar surface area (TPSA) is 458 Å². The van der Waals surface area contributed by atoms with Gasteiger partial charge in [-0.3, -0.25) is 57.7 Å². The van der Waals surface area contributed by atoms with Gasteiger partial charge in [-0.1, -0.05) is 64.1 Å². The summed E-state index contributed by atoms with van der Waals surface area (Å²) in [6.45, 7) is -0.478. The number of rotatable bonds is 19. The summed E-state index contributed by atoms with van der Waals surface area (Å²) in [5.74, 6) is -11.3. The summed E-state index contributed by atoms with van der Waals surface area (Å²) in [5, 5.41) is 37.3. The number of carboxylic acid groups (broad SMARTS) is 1. The molecule has 2 aromatic carbocycles. The molecule has 2 heterocycles. The smallest absolute Gasteiger partial charge is 0.305 e. The number of benzene rings is 2. The van der Waals surface area contributed by atoms with E-state index in [1.54, 1.807) is 30.3 Å². The number of aliphatic imine (C=N–C) groups is 1. The molecule has 0 spiro atoms. The Hall–Kier alpha value is -7.66. The van der Waals surface area contributed by atoms with Crippen LogP contribution in [0.2, 0.25) is 0 Å². The van der Waals surface area contributed by atoms with Crippen LogP contribution >= 0.6 is 21.6 Å². The van der Waals surface area contributed by atoms with Crippen LogP contribution in [0.1, 0.15) is 56.1 Å². The Labute approximate surface area is 438 Å². The first kappa shape index (κ1) is 59.9. The van der Waals surface area contributed by atoms with Gasteiger partial charge in [-0.05, 0) is 55.4 Å². The first-order valence-corrected chi connectivity index (χ1v) is 26.2. The molecule has 2 saturated heterocycles. The first-order valence-electron chi connectivity index (χ1n) is 23.7. The van der Waals surface area contributed by atoms with E-state index >= 15 is 0 Å². The van der Waals surface area contributed by atoms with Crippen molar-refractivity contribution in [3.8, 4) is 5.75 Å². The summed E-state index contributed by atoms with van der Waals surface area (Å²) in [4.78, 5) is 153. The van der Waals surface area contributed by atoms with E-state index in [4.69, 9.17) is 28.7 Å². The molecule has 29 heteroatoms. The molecule has 2 aromatic rings. The number of guanidine groups is 1. The molecule has 0 aromatic heterocycles. The lowest BCUT2D eigenvalue weighted by atomic mass is 10.0. The summed E-state index contributed by atoms with van der Waals surface area (Å²) in [7, 11) is 1.95. The molecule has 27 nitrogen and oxygen atoms in total. The number of carbonyl (C=O) groups excluding carboxylic acids is 10. The van der Waals surface area contributed by atoms with Crippen LogP contribution in [0.4, 0.5) is 0 Å². The zero-order valence-electron chi connectivity index (χ0n) is 40.7. The lowest BCUT2D eigenvalue weighted by molar-refractivity contribution is -0.143. The predicted molar refractivity (Wildman–Crippen MR) is 274 cm³/mol. The van der Waals surface area contributed by atoms with Crippen molar-refractivity contribution in [3.63, 3.8) is 0 Å². The van der Waals surface area contributed by atoms with Gasteiger partial charge >= 0.3 is 5.97 Å². The van der Waals surface area contributed by atoms with Crippen molar-refractivity contribution in [2.24, 2.45) is 33.7 Å². The number of amides is 10. The fourth-order valence-corrected chi connectivity index (χ4v) is 10.1. The quantitative estimate of drug-likeness (QED) is 0.0272. The van der Waals surface area contributed by atoms with Crippen LogP contribution in [0.3, 0.4) is 0 Å². The number of carboxylic acids is 1. The number of aliphatic carboxylic acids is 1. The van der Waals surface area contributed by atoms with Gasteiger partial charge in [0.25, 0.3) is 0 Å². The minimum absolute atomic E-state index is 0.00915. The van der Waals surface area contributed by atoms with Crippen molar-refractivity contribution in [1.29, 1.82) is 0 Å². The van der Waals surface area contributed by atoms with Crippen molar-refractivity contribution in [1.82, 2.24) is 42.1 Å². The zero-order valence-corrected chi connectivity index (χ0v) is 42.3. The van der Waals surface area contributed by atoms with E-state index in [-0.39, 0.29) is 74.8 Å². The summed E-state index contributed by atoms with van der Waals surface area (Å²) in [6.07, 6.45) is -1.74. The molecule has 8 atom stereocenters. The van der Waals surface area contributed by atoms with Crippen LogP contribution < -0.4 is 65.9 Å². The molecule has 0 radical (unpaired) electrons. The molecule has 2 fully saturated rings. The third-order valence-electron chi connectivity index (χ3n) is 11.6. The molecule has 10 amide bonds. The molecule has 2 aliphatic heterocycles. The second-order valence-electron chi connectivity index (χ2n) is 17.5. The van der Waals surface area contributed by atoms with Gasteiger partial charge in [0, 0.05) is 43.9 Å². The maximum Gasteiger partial charge on any atom is 0.305 e. The van der Waals surface area contributed by atoms with Crippen LogP contribution in [0.5, 0.6) is 5.75 Å². The zero-order chi connectivity index (χ0) is 55.2. The molecule has 4 rings (SSSR count). The van der Waals surface area contributed by atoms with Gasteiger partial charge in [0.2, 0.25) is 59.1 Å². The number of nitrogens with one attached hydrogen (secondary N) is 7. The van der Waals surface area contributed by atoms with Crippen molar-refractivity contribution < 1.29 is 63.0 Å². The first-order chi connectivity index (χ1) is 35.6. The van der Waals surface area contributed by atoms with Crippen LogP contribution in [-0.2, 0) is 65.6 Å². The Bertz CT molecular complexity index is 2420. The van der Waals surface area contributed by atoms with E-state index in [0.717, 1.165) is 26.5 Å². The number of phenolic OH excluding ortho intramolecular Hbond substituents is 1. The van der Waals surface area contributed by atoms with Gasteiger partial charge < -0.3 is 81.0 Å². The van der Waals surface area contributed by atoms with Gasteiger partial charge in [-0.25, -0.2) is 0 Å². The summed E-state index contributed by atoms with van der Waals surface area (Å²) in [5.41, 5.74) is 28.8. The van der Waals surface area contributed by atoms with Crippen molar-refractivity contribution in [3.05, 3.63) is 65.7 Å². The highest BCUT2D eigenvalue weighted by Gasteiger charge is 2.41. The summed E-state index contributed by atoms with van der Waals surface area (Å²) >= 11 is 0. The maximum atomic E-state index is 14.6. The predicted octanol–water partition coefficient (Wildman–Crippen LogP) is -4.81. The van der Waals surface area contributed by atoms with Crippen molar-refractivity contribution >= 4 is 92.6 Å². The van der Waals surface area contributed by atoms with E-state index in [9.17, 15) is 63.0 Å².